The van der Waals surface area contributed by atoms with Crippen molar-refractivity contribution in [2.24, 2.45) is 0 Å². The minimum absolute atomic E-state index is 0.0974. The van der Waals surface area contributed by atoms with E-state index in [0.717, 1.165) is 6.07 Å². The Labute approximate surface area is 124 Å². The van der Waals surface area contributed by atoms with Crippen LogP contribution in [0.15, 0.2) is 24.3 Å². The van der Waals surface area contributed by atoms with Crippen LogP contribution < -0.4 is 5.73 Å². The van der Waals surface area contributed by atoms with Crippen LogP contribution in [0.2, 0.25) is 10.0 Å². The number of methoxy groups -OCH3 is 1. The highest BCUT2D eigenvalue weighted by Crippen LogP contribution is 2.32. The zero-order valence-corrected chi connectivity index (χ0v) is 11.8. The van der Waals surface area contributed by atoms with Crippen LogP contribution >= 0.6 is 23.2 Å². The minimum atomic E-state index is -0.761. The summed E-state index contributed by atoms with van der Waals surface area (Å²) in [5.74, 6) is -1.46. The van der Waals surface area contributed by atoms with Gasteiger partial charge in [0.15, 0.2) is 11.5 Å². The molecule has 4 nitrogen and oxygen atoms in total. The summed E-state index contributed by atoms with van der Waals surface area (Å²) in [6, 6.07) is 5.51. The monoisotopic (exact) mass is 314 g/mol. The number of nitrogens with zero attached hydrogens (tertiary/aromatic N) is 1. The summed E-state index contributed by atoms with van der Waals surface area (Å²) < 4.78 is 18.5. The maximum absolute atomic E-state index is 14.0. The maximum Gasteiger partial charge on any atom is 0.358 e. The van der Waals surface area contributed by atoms with Crippen LogP contribution in [-0.2, 0) is 4.74 Å². The molecule has 20 heavy (non-hydrogen) atoms. The van der Waals surface area contributed by atoms with Crippen molar-refractivity contribution in [2.45, 2.75) is 0 Å². The topological polar surface area (TPSA) is 65.2 Å². The second-order valence-corrected chi connectivity index (χ2v) is 4.69. The Kier molecular flexibility index (Phi) is 4.11. The third-order valence-electron chi connectivity index (χ3n) is 2.56. The SMILES string of the molecule is COC(=O)c1nc(-c2ccc(N)cc2Cl)c(F)cc1Cl. The molecule has 0 bridgehead atoms. The van der Waals surface area contributed by atoms with E-state index in [-0.39, 0.29) is 21.4 Å². The van der Waals surface area contributed by atoms with Gasteiger partial charge in [0, 0.05) is 11.3 Å². The Morgan fingerprint density at radius 3 is 2.60 bits per heavy atom. The first kappa shape index (κ1) is 14.6. The Hall–Kier alpha value is -1.85. The minimum Gasteiger partial charge on any atom is -0.464 e. The molecule has 0 aliphatic heterocycles. The van der Waals surface area contributed by atoms with Gasteiger partial charge in [0.2, 0.25) is 0 Å². The summed E-state index contributed by atoms with van der Waals surface area (Å²) >= 11 is 11.8. The Balaban J connectivity index is 2.65. The van der Waals surface area contributed by atoms with Gasteiger partial charge >= 0.3 is 5.97 Å². The van der Waals surface area contributed by atoms with E-state index >= 15 is 0 Å². The number of nitrogen functional groups attached to an aromatic ring is 1. The fourth-order valence-corrected chi connectivity index (χ4v) is 2.11. The summed E-state index contributed by atoms with van der Waals surface area (Å²) in [5, 5.41) is 0.0826. The van der Waals surface area contributed by atoms with Gasteiger partial charge in [-0.25, -0.2) is 14.2 Å². The van der Waals surface area contributed by atoms with Crippen LogP contribution in [0, 0.1) is 5.82 Å². The Morgan fingerprint density at radius 1 is 1.30 bits per heavy atom. The van der Waals surface area contributed by atoms with E-state index in [4.69, 9.17) is 28.9 Å². The van der Waals surface area contributed by atoms with Crippen molar-refractivity contribution in [3.05, 3.63) is 45.8 Å². The molecule has 0 amide bonds. The Morgan fingerprint density at radius 2 is 2.00 bits per heavy atom. The van der Waals surface area contributed by atoms with E-state index in [1.165, 1.54) is 19.2 Å². The molecule has 0 spiro atoms. The molecule has 2 N–H and O–H groups in total. The number of ether oxygens (including phenoxy) is 1. The van der Waals surface area contributed by atoms with E-state index in [0.29, 0.717) is 11.3 Å². The number of esters is 1. The molecule has 0 fully saturated rings. The highest BCUT2D eigenvalue weighted by molar-refractivity contribution is 6.34. The van der Waals surface area contributed by atoms with Gasteiger partial charge in [0.1, 0.15) is 5.69 Å². The molecule has 7 heteroatoms. The number of hydrogen-bond donors (Lipinski definition) is 1. The van der Waals surface area contributed by atoms with Gasteiger partial charge in [-0.15, -0.1) is 0 Å². The number of nitrogens with two attached hydrogens (primary N) is 1. The van der Waals surface area contributed by atoms with Crippen LogP contribution in [0.1, 0.15) is 10.5 Å². The molecule has 0 atom stereocenters. The van der Waals surface area contributed by atoms with Gasteiger partial charge in [-0.2, -0.15) is 0 Å². The molecule has 0 saturated carbocycles. The number of hydrogen-bond acceptors (Lipinski definition) is 4. The molecule has 1 heterocycles. The van der Waals surface area contributed by atoms with Gasteiger partial charge in [-0.1, -0.05) is 23.2 Å². The van der Waals surface area contributed by atoms with E-state index in [2.05, 4.69) is 9.72 Å². The second kappa shape index (κ2) is 5.64. The molecule has 0 unspecified atom stereocenters. The normalized spacial score (nSPS) is 10.4. The molecule has 2 aromatic rings. The molecule has 1 aromatic carbocycles. The van der Waals surface area contributed by atoms with Crippen LogP contribution in [0.5, 0.6) is 0 Å². The predicted octanol–water partition coefficient (Wildman–Crippen LogP) is 3.56. The highest BCUT2D eigenvalue weighted by Gasteiger charge is 2.19. The lowest BCUT2D eigenvalue weighted by Gasteiger charge is -2.09. The molecule has 0 saturated heterocycles. The standard InChI is InChI=1S/C13H9Cl2FN2O2/c1-20-13(19)12-9(15)5-10(16)11(18-12)7-3-2-6(17)4-8(7)14/h2-5H,17H2,1H3. The zero-order valence-electron chi connectivity index (χ0n) is 10.3. The fourth-order valence-electron chi connectivity index (χ4n) is 1.62. The molecular weight excluding hydrogens is 306 g/mol. The lowest BCUT2D eigenvalue weighted by atomic mass is 10.1. The number of halogens is 3. The average molecular weight is 315 g/mol. The highest BCUT2D eigenvalue weighted by atomic mass is 35.5. The smallest absolute Gasteiger partial charge is 0.358 e. The van der Waals surface area contributed by atoms with E-state index in [1.54, 1.807) is 6.07 Å². The Bertz CT molecular complexity index is 692. The van der Waals surface area contributed by atoms with Gasteiger partial charge < -0.3 is 10.5 Å². The first-order valence-electron chi connectivity index (χ1n) is 5.43. The van der Waals surface area contributed by atoms with E-state index in [9.17, 15) is 9.18 Å². The van der Waals surface area contributed by atoms with Crippen molar-refractivity contribution in [3.63, 3.8) is 0 Å². The largest absolute Gasteiger partial charge is 0.464 e. The molecule has 0 radical (unpaired) electrons. The van der Waals surface area contributed by atoms with Crippen molar-refractivity contribution in [1.82, 2.24) is 4.98 Å². The first-order valence-corrected chi connectivity index (χ1v) is 6.19. The maximum atomic E-state index is 14.0. The van der Waals surface area contributed by atoms with Gasteiger partial charge in [0.25, 0.3) is 0 Å². The number of carbonyl (C=O) groups excluding carboxylic acids is 1. The lowest BCUT2D eigenvalue weighted by molar-refractivity contribution is 0.0594. The third-order valence-corrected chi connectivity index (χ3v) is 3.16. The predicted molar refractivity (Wildman–Crippen MR) is 75.4 cm³/mol. The number of pyridine rings is 1. The molecule has 0 aliphatic carbocycles. The summed E-state index contributed by atoms with van der Waals surface area (Å²) in [7, 11) is 1.18. The quantitative estimate of drug-likeness (QED) is 0.680. The van der Waals surface area contributed by atoms with Crippen molar-refractivity contribution in [2.75, 3.05) is 12.8 Å². The van der Waals surface area contributed by atoms with Gasteiger partial charge in [0.05, 0.1) is 17.2 Å². The third kappa shape index (κ3) is 2.69. The molecule has 1 aromatic heterocycles. The van der Waals surface area contributed by atoms with Crippen LogP contribution in [-0.4, -0.2) is 18.1 Å². The molecule has 104 valence electrons. The number of carbonyl (C=O) groups is 1. The second-order valence-electron chi connectivity index (χ2n) is 3.88. The lowest BCUT2D eigenvalue weighted by Crippen LogP contribution is -2.07. The van der Waals surface area contributed by atoms with Crippen molar-refractivity contribution < 1.29 is 13.9 Å². The van der Waals surface area contributed by atoms with E-state index < -0.39 is 11.8 Å². The number of benzene rings is 1. The molecule has 2 rings (SSSR count). The number of rotatable bonds is 2. The molecule has 0 aliphatic rings. The first-order chi connectivity index (χ1) is 9.43. The summed E-state index contributed by atoms with van der Waals surface area (Å²) in [5.41, 5.74) is 6.03. The number of anilines is 1. The fraction of sp³-hybridized carbons (Fsp3) is 0.0769. The van der Waals surface area contributed by atoms with Crippen LogP contribution in [0.4, 0.5) is 10.1 Å². The summed E-state index contributed by atoms with van der Waals surface area (Å²) in [6.07, 6.45) is 0. The zero-order chi connectivity index (χ0) is 14.9. The van der Waals surface area contributed by atoms with Crippen molar-refractivity contribution in [1.29, 1.82) is 0 Å². The van der Waals surface area contributed by atoms with Gasteiger partial charge in [-0.3, -0.25) is 0 Å². The van der Waals surface area contributed by atoms with Crippen molar-refractivity contribution in [3.8, 4) is 11.3 Å². The average Bonchev–Trinajstić information content (AvgIpc) is 2.39. The summed E-state index contributed by atoms with van der Waals surface area (Å²) in [4.78, 5) is 15.4. The number of aromatic nitrogens is 1. The molecular formula is C13H9Cl2FN2O2. The van der Waals surface area contributed by atoms with Crippen molar-refractivity contribution >= 4 is 34.9 Å². The van der Waals surface area contributed by atoms with Gasteiger partial charge in [-0.05, 0) is 24.3 Å². The van der Waals surface area contributed by atoms with Crippen LogP contribution in [0.25, 0.3) is 11.3 Å². The van der Waals surface area contributed by atoms with Crippen LogP contribution in [0.3, 0.4) is 0 Å². The van der Waals surface area contributed by atoms with E-state index in [1.807, 2.05) is 0 Å². The summed E-state index contributed by atoms with van der Waals surface area (Å²) in [6.45, 7) is 0.